The summed E-state index contributed by atoms with van der Waals surface area (Å²) in [4.78, 5) is 35.4. The highest BCUT2D eigenvalue weighted by atomic mass is 16.5. The van der Waals surface area contributed by atoms with Crippen LogP contribution in [0.25, 0.3) is 0 Å². The van der Waals surface area contributed by atoms with Crippen molar-refractivity contribution >= 4 is 23.5 Å². The Balaban J connectivity index is 2.06. The lowest BCUT2D eigenvalue weighted by Crippen LogP contribution is -2.52. The second-order valence-electron chi connectivity index (χ2n) is 6.65. The van der Waals surface area contributed by atoms with Crippen LogP contribution in [0.3, 0.4) is 0 Å². The zero-order chi connectivity index (χ0) is 22.3. The highest BCUT2D eigenvalue weighted by molar-refractivity contribution is 5.94. The van der Waals surface area contributed by atoms with E-state index in [1.54, 1.807) is 18.2 Å². The van der Waals surface area contributed by atoms with Crippen molar-refractivity contribution in [3.8, 4) is 11.5 Å². The molecule has 0 bridgehead atoms. The van der Waals surface area contributed by atoms with Gasteiger partial charge in [-0.15, -0.1) is 0 Å². The highest BCUT2D eigenvalue weighted by Gasteiger charge is 2.33. The van der Waals surface area contributed by atoms with E-state index in [0.717, 1.165) is 0 Å². The van der Waals surface area contributed by atoms with Gasteiger partial charge in [0.25, 0.3) is 0 Å². The quantitative estimate of drug-likeness (QED) is 0.319. The normalized spacial score (nSPS) is 20.5. The first kappa shape index (κ1) is 23.0. The minimum absolute atomic E-state index is 0.0295. The molecule has 0 aromatic heterocycles. The molecule has 0 heterocycles. The molecule has 0 fully saturated rings. The smallest absolute Gasteiger partial charge is 0.319 e. The monoisotopic (exact) mass is 422 g/mol. The summed E-state index contributed by atoms with van der Waals surface area (Å²) in [5, 5.41) is 27.9. The minimum atomic E-state index is -1.31. The summed E-state index contributed by atoms with van der Waals surface area (Å²) in [6, 6.07) is 3.09. The number of primary amides is 1. The van der Waals surface area contributed by atoms with E-state index in [-0.39, 0.29) is 25.0 Å². The molecule has 0 radical (unpaired) electrons. The molecule has 3 atom stereocenters. The Labute approximate surface area is 173 Å². The van der Waals surface area contributed by atoms with Crippen LogP contribution in [0.5, 0.6) is 11.5 Å². The van der Waals surface area contributed by atoms with Gasteiger partial charge in [0.2, 0.25) is 11.8 Å². The van der Waals surface area contributed by atoms with E-state index >= 15 is 0 Å². The molecule has 0 saturated heterocycles. The van der Waals surface area contributed by atoms with E-state index in [1.807, 2.05) is 0 Å². The molecule has 0 aliphatic heterocycles. The predicted octanol–water partition coefficient (Wildman–Crippen LogP) is -0.763. The number of carbonyl (C=O) groups is 3. The molecule has 164 valence electrons. The maximum absolute atomic E-state index is 12.4. The fraction of sp³-hybridized carbons (Fsp3) is 0.421. The summed E-state index contributed by atoms with van der Waals surface area (Å²) in [6.07, 6.45) is -1.33. The van der Waals surface area contributed by atoms with Crippen molar-refractivity contribution in [3.63, 3.8) is 0 Å². The van der Waals surface area contributed by atoms with Gasteiger partial charge in [-0.3, -0.25) is 9.59 Å². The summed E-state index contributed by atoms with van der Waals surface area (Å²) in [5.41, 5.74) is 5.58. The van der Waals surface area contributed by atoms with E-state index in [1.165, 1.54) is 20.3 Å². The number of aliphatic hydroxyl groups is 2. The zero-order valence-corrected chi connectivity index (χ0v) is 16.7. The molecule has 1 aromatic carbocycles. The Kier molecular flexibility index (Phi) is 8.01. The van der Waals surface area contributed by atoms with Crippen molar-refractivity contribution in [2.75, 3.05) is 26.1 Å². The average molecular weight is 422 g/mol. The Morgan fingerprint density at radius 3 is 2.33 bits per heavy atom. The van der Waals surface area contributed by atoms with Gasteiger partial charge in [-0.1, -0.05) is 6.08 Å². The van der Waals surface area contributed by atoms with Crippen molar-refractivity contribution in [1.29, 1.82) is 0 Å². The molecule has 1 aliphatic carbocycles. The maximum Gasteiger partial charge on any atom is 0.319 e. The Morgan fingerprint density at radius 1 is 1.13 bits per heavy atom. The third-order valence-corrected chi connectivity index (χ3v) is 4.43. The number of carbonyl (C=O) groups excluding carboxylic acids is 3. The van der Waals surface area contributed by atoms with Crippen LogP contribution in [0.2, 0.25) is 0 Å². The van der Waals surface area contributed by atoms with Gasteiger partial charge in [0, 0.05) is 48.8 Å². The number of aliphatic hydroxyl groups excluding tert-OH is 2. The summed E-state index contributed by atoms with van der Waals surface area (Å²) in [6.45, 7) is 0.0421. The number of hydrogen-bond acceptors (Lipinski definition) is 7. The molecule has 3 unspecified atom stereocenters. The van der Waals surface area contributed by atoms with Crippen molar-refractivity contribution in [2.45, 2.75) is 31.1 Å². The number of benzene rings is 1. The lowest BCUT2D eigenvalue weighted by Gasteiger charge is -2.31. The van der Waals surface area contributed by atoms with E-state index in [4.69, 9.17) is 15.2 Å². The number of amides is 4. The average Bonchev–Trinajstić information content (AvgIpc) is 2.70. The van der Waals surface area contributed by atoms with E-state index in [0.29, 0.717) is 17.2 Å². The van der Waals surface area contributed by atoms with Crippen LogP contribution in [0, 0.1) is 0 Å². The molecule has 7 N–H and O–H groups in total. The molecule has 30 heavy (non-hydrogen) atoms. The van der Waals surface area contributed by atoms with Crippen molar-refractivity contribution in [1.82, 2.24) is 10.6 Å². The molecular weight excluding hydrogens is 396 g/mol. The predicted molar refractivity (Wildman–Crippen MR) is 107 cm³/mol. The summed E-state index contributed by atoms with van der Waals surface area (Å²) >= 11 is 0. The summed E-state index contributed by atoms with van der Waals surface area (Å²) in [7, 11) is 2.94. The number of anilines is 1. The van der Waals surface area contributed by atoms with Gasteiger partial charge in [-0.25, -0.2) is 4.79 Å². The van der Waals surface area contributed by atoms with Gasteiger partial charge in [0.05, 0.1) is 26.4 Å². The third-order valence-electron chi connectivity index (χ3n) is 4.43. The number of urea groups is 1. The van der Waals surface area contributed by atoms with Crippen molar-refractivity contribution in [2.24, 2.45) is 5.73 Å². The fourth-order valence-corrected chi connectivity index (χ4v) is 2.88. The zero-order valence-electron chi connectivity index (χ0n) is 16.7. The molecular formula is C19H26N4O7. The molecule has 11 nitrogen and oxygen atoms in total. The molecule has 0 saturated carbocycles. The van der Waals surface area contributed by atoms with Crippen LogP contribution in [0.15, 0.2) is 29.8 Å². The number of ether oxygens (including phenoxy) is 2. The largest absolute Gasteiger partial charge is 0.497 e. The summed E-state index contributed by atoms with van der Waals surface area (Å²) < 4.78 is 10.3. The molecule has 1 aromatic rings. The molecule has 11 heteroatoms. The van der Waals surface area contributed by atoms with Gasteiger partial charge in [-0.05, 0) is 0 Å². The number of nitrogens with two attached hydrogens (primary N) is 1. The van der Waals surface area contributed by atoms with Crippen LogP contribution >= 0.6 is 0 Å². The number of rotatable bonds is 8. The molecule has 4 amide bonds. The van der Waals surface area contributed by atoms with Crippen molar-refractivity contribution in [3.05, 3.63) is 29.8 Å². The van der Waals surface area contributed by atoms with Gasteiger partial charge in [0.1, 0.15) is 17.6 Å². The highest BCUT2D eigenvalue weighted by Crippen LogP contribution is 2.26. The topological polar surface area (TPSA) is 172 Å². The number of hydrogen-bond donors (Lipinski definition) is 6. The molecule has 0 spiro atoms. The lowest BCUT2D eigenvalue weighted by atomic mass is 9.90. The second kappa shape index (κ2) is 10.5. The van der Waals surface area contributed by atoms with Crippen molar-refractivity contribution < 1.29 is 34.1 Å². The Bertz CT molecular complexity index is 805. The number of methoxy groups -OCH3 is 2. The number of nitrogens with one attached hydrogen (secondary N) is 3. The summed E-state index contributed by atoms with van der Waals surface area (Å²) in [5.74, 6) is -0.152. The molecule has 1 aliphatic rings. The van der Waals surface area contributed by atoms with Gasteiger partial charge < -0.3 is 41.4 Å². The fourth-order valence-electron chi connectivity index (χ4n) is 2.88. The van der Waals surface area contributed by atoms with Gasteiger partial charge >= 0.3 is 6.03 Å². The first-order chi connectivity index (χ1) is 14.2. The van der Waals surface area contributed by atoms with Gasteiger partial charge in [0.15, 0.2) is 0 Å². The first-order valence-electron chi connectivity index (χ1n) is 9.17. The van der Waals surface area contributed by atoms with Crippen LogP contribution in [-0.4, -0.2) is 67.1 Å². The third kappa shape index (κ3) is 6.36. The van der Waals surface area contributed by atoms with Crippen LogP contribution in [-0.2, 0) is 9.59 Å². The van der Waals surface area contributed by atoms with Crippen LogP contribution in [0.1, 0.15) is 12.8 Å². The van der Waals surface area contributed by atoms with Crippen LogP contribution in [0.4, 0.5) is 10.5 Å². The Hall–Kier alpha value is -3.31. The van der Waals surface area contributed by atoms with E-state index in [9.17, 15) is 24.6 Å². The minimum Gasteiger partial charge on any atom is -0.497 e. The molecule has 2 rings (SSSR count). The maximum atomic E-state index is 12.4. The Morgan fingerprint density at radius 2 is 1.77 bits per heavy atom. The SMILES string of the molecule is COc1cc(NC(=O)NC2C=C(C(=O)NCCC(N)=O)CC(O)C2O)cc(OC)c1. The van der Waals surface area contributed by atoms with E-state index < -0.39 is 36.1 Å². The lowest BCUT2D eigenvalue weighted by molar-refractivity contribution is -0.119. The van der Waals surface area contributed by atoms with Crippen LogP contribution < -0.4 is 31.2 Å². The standard InChI is InChI=1S/C19H26N4O7/c1-29-12-7-11(8-13(9-12)30-2)22-19(28)23-14-5-10(6-15(24)17(14)26)18(27)21-4-3-16(20)25/h5,7-9,14-15,17,24,26H,3-4,6H2,1-2H3,(H2,20,25)(H,21,27)(H2,22,23,28). The first-order valence-corrected chi connectivity index (χ1v) is 9.17. The van der Waals surface area contributed by atoms with Gasteiger partial charge in [-0.2, -0.15) is 0 Å². The van der Waals surface area contributed by atoms with E-state index in [2.05, 4.69) is 16.0 Å². The second-order valence-corrected chi connectivity index (χ2v) is 6.65.